The van der Waals surface area contributed by atoms with Gasteiger partial charge in [0, 0.05) is 18.2 Å². The molecule has 0 heterocycles. The molecule has 0 atom stereocenters. The maximum atomic E-state index is 10.4. The predicted molar refractivity (Wildman–Crippen MR) is 80.2 cm³/mol. The molecular weight excluding hydrogens is 274 g/mol. The van der Waals surface area contributed by atoms with Gasteiger partial charge >= 0.3 is 0 Å². The van der Waals surface area contributed by atoms with Crippen LogP contribution in [0, 0.1) is 0 Å². The van der Waals surface area contributed by atoms with Crippen LogP contribution in [0.25, 0.3) is 0 Å². The Morgan fingerprint density at radius 3 is 2.75 bits per heavy atom. The lowest BCUT2D eigenvalue weighted by molar-refractivity contribution is 0.00115. The summed E-state index contributed by atoms with van der Waals surface area (Å²) >= 11 is 6.26. The van der Waals surface area contributed by atoms with Gasteiger partial charge in [-0.25, -0.2) is 0 Å². The standard InChI is InChI=1S/C16H22ClNO2/c17-14-5-3-4-12(10-18-13-6-7-13)15(14)20-11-16(19)8-1-2-9-16/h3-5,13,18-19H,1-2,6-11H2. The second-order valence-corrected chi connectivity index (χ2v) is 6.51. The molecule has 2 fully saturated rings. The zero-order valence-electron chi connectivity index (χ0n) is 11.7. The van der Waals surface area contributed by atoms with Crippen LogP contribution in [-0.4, -0.2) is 23.4 Å². The van der Waals surface area contributed by atoms with Crippen molar-refractivity contribution in [2.24, 2.45) is 0 Å². The number of hydrogen-bond acceptors (Lipinski definition) is 3. The fraction of sp³-hybridized carbons (Fsp3) is 0.625. The monoisotopic (exact) mass is 295 g/mol. The minimum Gasteiger partial charge on any atom is -0.489 e. The van der Waals surface area contributed by atoms with Crippen LogP contribution in [0.2, 0.25) is 5.02 Å². The molecule has 2 aliphatic rings. The van der Waals surface area contributed by atoms with Gasteiger partial charge in [-0.15, -0.1) is 0 Å². The number of para-hydroxylation sites is 1. The Bertz CT molecular complexity index is 468. The molecule has 0 saturated heterocycles. The van der Waals surface area contributed by atoms with Crippen molar-refractivity contribution in [3.05, 3.63) is 28.8 Å². The van der Waals surface area contributed by atoms with Crippen LogP contribution in [0.4, 0.5) is 0 Å². The zero-order chi connectivity index (χ0) is 14.0. The van der Waals surface area contributed by atoms with Crippen LogP contribution in [0.3, 0.4) is 0 Å². The average Bonchev–Trinajstić information content (AvgIpc) is 3.16. The van der Waals surface area contributed by atoms with Crippen molar-refractivity contribution in [2.45, 2.75) is 56.7 Å². The summed E-state index contributed by atoms with van der Waals surface area (Å²) in [5.74, 6) is 0.725. The summed E-state index contributed by atoms with van der Waals surface area (Å²) in [6, 6.07) is 6.48. The van der Waals surface area contributed by atoms with Gasteiger partial charge in [0.05, 0.1) is 10.6 Å². The summed E-state index contributed by atoms with van der Waals surface area (Å²) in [6.07, 6.45) is 6.34. The summed E-state index contributed by atoms with van der Waals surface area (Å²) < 4.78 is 5.89. The first-order valence-corrected chi connectivity index (χ1v) is 7.90. The van der Waals surface area contributed by atoms with Crippen molar-refractivity contribution in [1.29, 1.82) is 0 Å². The summed E-state index contributed by atoms with van der Waals surface area (Å²) in [7, 11) is 0. The lowest BCUT2D eigenvalue weighted by Crippen LogP contribution is -2.32. The lowest BCUT2D eigenvalue weighted by Gasteiger charge is -2.23. The molecule has 2 N–H and O–H groups in total. The second kappa shape index (κ2) is 5.92. The molecule has 0 spiro atoms. The van der Waals surface area contributed by atoms with Gasteiger partial charge in [-0.2, -0.15) is 0 Å². The van der Waals surface area contributed by atoms with Gasteiger partial charge < -0.3 is 15.2 Å². The SMILES string of the molecule is OC1(COc2c(Cl)cccc2CNC2CC2)CCCC1. The highest BCUT2D eigenvalue weighted by molar-refractivity contribution is 6.32. The Hall–Kier alpha value is -0.770. The van der Waals surface area contributed by atoms with Crippen LogP contribution in [0.1, 0.15) is 44.1 Å². The van der Waals surface area contributed by atoms with Gasteiger partial charge in [0.15, 0.2) is 0 Å². The largest absolute Gasteiger partial charge is 0.489 e. The van der Waals surface area contributed by atoms with E-state index >= 15 is 0 Å². The molecule has 1 aromatic carbocycles. The van der Waals surface area contributed by atoms with Crippen LogP contribution in [0.15, 0.2) is 18.2 Å². The Morgan fingerprint density at radius 2 is 2.05 bits per heavy atom. The maximum absolute atomic E-state index is 10.4. The van der Waals surface area contributed by atoms with E-state index in [1.54, 1.807) is 0 Å². The van der Waals surface area contributed by atoms with Gasteiger partial charge in [0.2, 0.25) is 0 Å². The Balaban J connectivity index is 1.66. The maximum Gasteiger partial charge on any atom is 0.142 e. The van der Waals surface area contributed by atoms with Crippen molar-refractivity contribution in [2.75, 3.05) is 6.61 Å². The number of nitrogens with one attached hydrogen (secondary N) is 1. The predicted octanol–water partition coefficient (Wildman–Crippen LogP) is 3.28. The molecule has 0 aliphatic heterocycles. The third-order valence-corrected chi connectivity index (χ3v) is 4.52. The van der Waals surface area contributed by atoms with Crippen molar-refractivity contribution >= 4 is 11.6 Å². The van der Waals surface area contributed by atoms with Crippen molar-refractivity contribution < 1.29 is 9.84 Å². The van der Waals surface area contributed by atoms with E-state index in [1.807, 2.05) is 18.2 Å². The molecule has 0 radical (unpaired) electrons. The van der Waals surface area contributed by atoms with E-state index in [1.165, 1.54) is 12.8 Å². The van der Waals surface area contributed by atoms with Crippen molar-refractivity contribution in [1.82, 2.24) is 5.32 Å². The van der Waals surface area contributed by atoms with Crippen LogP contribution >= 0.6 is 11.6 Å². The van der Waals surface area contributed by atoms with Gasteiger partial charge in [0.25, 0.3) is 0 Å². The number of rotatable bonds is 6. The first-order chi connectivity index (χ1) is 9.66. The highest BCUT2D eigenvalue weighted by atomic mass is 35.5. The van der Waals surface area contributed by atoms with Gasteiger partial charge in [0.1, 0.15) is 12.4 Å². The first-order valence-electron chi connectivity index (χ1n) is 7.52. The average molecular weight is 296 g/mol. The second-order valence-electron chi connectivity index (χ2n) is 6.10. The molecule has 110 valence electrons. The van der Waals surface area contributed by atoms with Gasteiger partial charge in [-0.3, -0.25) is 0 Å². The molecule has 1 aromatic rings. The minimum absolute atomic E-state index is 0.340. The van der Waals surface area contributed by atoms with E-state index < -0.39 is 5.60 Å². The van der Waals surface area contributed by atoms with Crippen LogP contribution in [0.5, 0.6) is 5.75 Å². The molecule has 4 heteroatoms. The highest BCUT2D eigenvalue weighted by Gasteiger charge is 2.32. The van der Waals surface area contributed by atoms with E-state index in [9.17, 15) is 5.11 Å². The Kier molecular flexibility index (Phi) is 4.20. The zero-order valence-corrected chi connectivity index (χ0v) is 12.5. The number of halogens is 1. The topological polar surface area (TPSA) is 41.5 Å². The van der Waals surface area contributed by atoms with E-state index in [2.05, 4.69) is 5.32 Å². The molecular formula is C16H22ClNO2. The Morgan fingerprint density at radius 1 is 1.30 bits per heavy atom. The highest BCUT2D eigenvalue weighted by Crippen LogP contribution is 2.34. The molecule has 20 heavy (non-hydrogen) atoms. The molecule has 2 aliphatic carbocycles. The third kappa shape index (κ3) is 3.46. The fourth-order valence-electron chi connectivity index (χ4n) is 2.78. The number of benzene rings is 1. The quantitative estimate of drug-likeness (QED) is 0.846. The first kappa shape index (κ1) is 14.2. The summed E-state index contributed by atoms with van der Waals surface area (Å²) in [4.78, 5) is 0. The molecule has 0 unspecified atom stereocenters. The molecule has 3 rings (SSSR count). The van der Waals surface area contributed by atoms with Gasteiger partial charge in [-0.05, 0) is 31.7 Å². The molecule has 0 amide bonds. The number of aliphatic hydroxyl groups is 1. The number of ether oxygens (including phenoxy) is 1. The van der Waals surface area contributed by atoms with E-state index in [4.69, 9.17) is 16.3 Å². The molecule has 0 bridgehead atoms. The fourth-order valence-corrected chi connectivity index (χ4v) is 3.03. The van der Waals surface area contributed by atoms with E-state index in [0.29, 0.717) is 17.7 Å². The van der Waals surface area contributed by atoms with Crippen molar-refractivity contribution in [3.8, 4) is 5.75 Å². The van der Waals surface area contributed by atoms with Crippen molar-refractivity contribution in [3.63, 3.8) is 0 Å². The molecule has 2 saturated carbocycles. The number of hydrogen-bond donors (Lipinski definition) is 2. The summed E-state index contributed by atoms with van der Waals surface area (Å²) in [5, 5.41) is 14.5. The molecule has 3 nitrogen and oxygen atoms in total. The molecule has 0 aromatic heterocycles. The normalized spacial score (nSPS) is 21.1. The third-order valence-electron chi connectivity index (χ3n) is 4.23. The smallest absolute Gasteiger partial charge is 0.142 e. The minimum atomic E-state index is -0.666. The Labute approximate surface area is 125 Å². The lowest BCUT2D eigenvalue weighted by atomic mass is 10.0. The van der Waals surface area contributed by atoms with E-state index in [-0.39, 0.29) is 0 Å². The van der Waals surface area contributed by atoms with Crippen LogP contribution in [-0.2, 0) is 6.54 Å². The summed E-state index contributed by atoms with van der Waals surface area (Å²) in [5.41, 5.74) is 0.409. The van der Waals surface area contributed by atoms with E-state index in [0.717, 1.165) is 43.5 Å². The van der Waals surface area contributed by atoms with Crippen LogP contribution < -0.4 is 10.1 Å². The van der Waals surface area contributed by atoms with Gasteiger partial charge in [-0.1, -0.05) is 36.6 Å². The summed E-state index contributed by atoms with van der Waals surface area (Å²) in [6.45, 7) is 1.12.